The topological polar surface area (TPSA) is 49.8 Å². The Morgan fingerprint density at radius 3 is 2.62 bits per heavy atom. The smallest absolute Gasteiger partial charge is 0.229 e. The zero-order valence-electron chi connectivity index (χ0n) is 13.1. The van der Waals surface area contributed by atoms with Gasteiger partial charge in [-0.05, 0) is 36.8 Å². The van der Waals surface area contributed by atoms with Crippen LogP contribution in [0.4, 0.5) is 21.8 Å². The van der Waals surface area contributed by atoms with Crippen LogP contribution in [0.1, 0.15) is 11.1 Å². The highest BCUT2D eigenvalue weighted by Gasteiger charge is 2.04. The SMILES string of the molecule is Cc1ccc(CNc2ccnc(Nc3ccc(F)c(Cl)c3)n2)cc1. The molecule has 0 aliphatic carbocycles. The third kappa shape index (κ3) is 4.20. The van der Waals surface area contributed by atoms with E-state index in [2.05, 4.69) is 51.8 Å². The van der Waals surface area contributed by atoms with Crippen LogP contribution < -0.4 is 10.6 Å². The lowest BCUT2D eigenvalue weighted by molar-refractivity contribution is 0.628. The van der Waals surface area contributed by atoms with Gasteiger partial charge < -0.3 is 10.6 Å². The fourth-order valence-electron chi connectivity index (χ4n) is 2.12. The molecule has 0 unspecified atom stereocenters. The number of halogens is 2. The molecule has 0 bridgehead atoms. The first-order valence-corrected chi connectivity index (χ1v) is 7.82. The number of hydrogen-bond acceptors (Lipinski definition) is 4. The van der Waals surface area contributed by atoms with Crippen LogP contribution in [0.3, 0.4) is 0 Å². The molecule has 2 N–H and O–H groups in total. The Hall–Kier alpha value is -2.66. The molecule has 1 aromatic heterocycles. The third-order valence-electron chi connectivity index (χ3n) is 3.43. The van der Waals surface area contributed by atoms with Gasteiger partial charge in [-0.1, -0.05) is 41.4 Å². The predicted octanol–water partition coefficient (Wildman–Crippen LogP) is 4.93. The number of benzene rings is 2. The van der Waals surface area contributed by atoms with Crippen LogP contribution in [0.25, 0.3) is 0 Å². The minimum Gasteiger partial charge on any atom is -0.366 e. The molecule has 4 nitrogen and oxygen atoms in total. The molecule has 0 aliphatic heterocycles. The van der Waals surface area contributed by atoms with Gasteiger partial charge in [0, 0.05) is 18.4 Å². The fourth-order valence-corrected chi connectivity index (χ4v) is 2.30. The Kier molecular flexibility index (Phi) is 4.91. The van der Waals surface area contributed by atoms with Gasteiger partial charge in [-0.25, -0.2) is 9.37 Å². The molecule has 0 saturated carbocycles. The van der Waals surface area contributed by atoms with Gasteiger partial charge in [0.05, 0.1) is 5.02 Å². The summed E-state index contributed by atoms with van der Waals surface area (Å²) in [4.78, 5) is 8.54. The van der Waals surface area contributed by atoms with Crippen molar-refractivity contribution in [3.8, 4) is 0 Å². The monoisotopic (exact) mass is 342 g/mol. The summed E-state index contributed by atoms with van der Waals surface area (Å²) in [6, 6.07) is 14.4. The van der Waals surface area contributed by atoms with E-state index in [4.69, 9.17) is 11.6 Å². The molecular formula is C18H16ClFN4. The molecule has 24 heavy (non-hydrogen) atoms. The van der Waals surface area contributed by atoms with Gasteiger partial charge in [0.2, 0.25) is 5.95 Å². The summed E-state index contributed by atoms with van der Waals surface area (Å²) in [6.45, 7) is 2.72. The van der Waals surface area contributed by atoms with Crippen LogP contribution in [0, 0.1) is 12.7 Å². The van der Waals surface area contributed by atoms with Crippen molar-refractivity contribution in [2.24, 2.45) is 0 Å². The highest BCUT2D eigenvalue weighted by molar-refractivity contribution is 6.31. The molecule has 0 saturated heterocycles. The van der Waals surface area contributed by atoms with Gasteiger partial charge in [0.1, 0.15) is 11.6 Å². The van der Waals surface area contributed by atoms with Gasteiger partial charge in [0.15, 0.2) is 0 Å². The lowest BCUT2D eigenvalue weighted by Gasteiger charge is -2.09. The van der Waals surface area contributed by atoms with E-state index in [1.807, 2.05) is 0 Å². The second-order valence-corrected chi connectivity index (χ2v) is 5.77. The largest absolute Gasteiger partial charge is 0.366 e. The molecule has 0 radical (unpaired) electrons. The van der Waals surface area contributed by atoms with Crippen LogP contribution >= 0.6 is 11.6 Å². The van der Waals surface area contributed by atoms with Crippen molar-refractivity contribution < 1.29 is 4.39 Å². The molecule has 2 aromatic carbocycles. The van der Waals surface area contributed by atoms with E-state index in [0.29, 0.717) is 24.0 Å². The fraction of sp³-hybridized carbons (Fsp3) is 0.111. The molecule has 1 heterocycles. The first-order valence-electron chi connectivity index (χ1n) is 7.45. The summed E-state index contributed by atoms with van der Waals surface area (Å²) < 4.78 is 13.2. The van der Waals surface area contributed by atoms with Crippen LogP contribution in [0.5, 0.6) is 0 Å². The maximum absolute atomic E-state index is 13.2. The van der Waals surface area contributed by atoms with Crippen molar-refractivity contribution in [2.75, 3.05) is 10.6 Å². The quantitative estimate of drug-likeness (QED) is 0.690. The molecule has 122 valence electrons. The molecule has 0 amide bonds. The van der Waals surface area contributed by atoms with E-state index in [1.54, 1.807) is 18.3 Å². The average Bonchev–Trinajstić information content (AvgIpc) is 2.58. The van der Waals surface area contributed by atoms with Gasteiger partial charge in [0.25, 0.3) is 0 Å². The van der Waals surface area contributed by atoms with Crippen molar-refractivity contribution in [3.63, 3.8) is 0 Å². The van der Waals surface area contributed by atoms with E-state index in [9.17, 15) is 4.39 Å². The number of anilines is 3. The van der Waals surface area contributed by atoms with E-state index in [0.717, 1.165) is 0 Å². The molecular weight excluding hydrogens is 327 g/mol. The Morgan fingerprint density at radius 1 is 1.08 bits per heavy atom. The first-order chi connectivity index (χ1) is 11.6. The minimum absolute atomic E-state index is 0.0497. The van der Waals surface area contributed by atoms with Crippen LogP contribution in [0.15, 0.2) is 54.7 Å². The predicted molar refractivity (Wildman–Crippen MR) is 95.2 cm³/mol. The average molecular weight is 343 g/mol. The third-order valence-corrected chi connectivity index (χ3v) is 3.72. The summed E-state index contributed by atoms with van der Waals surface area (Å²) >= 11 is 5.77. The highest BCUT2D eigenvalue weighted by Crippen LogP contribution is 2.21. The summed E-state index contributed by atoms with van der Waals surface area (Å²) in [7, 11) is 0. The van der Waals surface area contributed by atoms with E-state index in [1.165, 1.54) is 23.3 Å². The summed E-state index contributed by atoms with van der Waals surface area (Å²) in [5, 5.41) is 6.30. The number of nitrogens with zero attached hydrogens (tertiary/aromatic N) is 2. The number of rotatable bonds is 5. The summed E-state index contributed by atoms with van der Waals surface area (Å²) in [5.41, 5.74) is 3.02. The summed E-state index contributed by atoms with van der Waals surface area (Å²) in [5.74, 6) is 0.643. The molecule has 0 atom stereocenters. The van der Waals surface area contributed by atoms with Gasteiger partial charge >= 0.3 is 0 Å². The van der Waals surface area contributed by atoms with E-state index >= 15 is 0 Å². The van der Waals surface area contributed by atoms with Crippen molar-refractivity contribution in [1.29, 1.82) is 0 Å². The second kappa shape index (κ2) is 7.27. The first kappa shape index (κ1) is 16.2. The lowest BCUT2D eigenvalue weighted by atomic mass is 10.1. The zero-order chi connectivity index (χ0) is 16.9. The lowest BCUT2D eigenvalue weighted by Crippen LogP contribution is -2.04. The van der Waals surface area contributed by atoms with Crippen LogP contribution in [-0.2, 0) is 6.54 Å². The maximum Gasteiger partial charge on any atom is 0.229 e. The van der Waals surface area contributed by atoms with E-state index < -0.39 is 5.82 Å². The van der Waals surface area contributed by atoms with Gasteiger partial charge in [-0.3, -0.25) is 0 Å². The van der Waals surface area contributed by atoms with Crippen molar-refractivity contribution >= 4 is 29.1 Å². The number of aryl methyl sites for hydroxylation is 1. The molecule has 0 aliphatic rings. The minimum atomic E-state index is -0.461. The van der Waals surface area contributed by atoms with Crippen LogP contribution in [0.2, 0.25) is 5.02 Å². The molecule has 0 fully saturated rings. The Bertz CT molecular complexity index is 837. The normalized spacial score (nSPS) is 10.5. The molecule has 3 rings (SSSR count). The number of hydrogen-bond donors (Lipinski definition) is 2. The van der Waals surface area contributed by atoms with Gasteiger partial charge in [-0.15, -0.1) is 0 Å². The van der Waals surface area contributed by atoms with E-state index in [-0.39, 0.29) is 5.02 Å². The second-order valence-electron chi connectivity index (χ2n) is 5.36. The maximum atomic E-state index is 13.2. The molecule has 3 aromatic rings. The summed E-state index contributed by atoms with van der Waals surface area (Å²) in [6.07, 6.45) is 1.65. The Balaban J connectivity index is 1.67. The van der Waals surface area contributed by atoms with Crippen molar-refractivity contribution in [2.45, 2.75) is 13.5 Å². The molecule has 0 spiro atoms. The van der Waals surface area contributed by atoms with Crippen molar-refractivity contribution in [3.05, 3.63) is 76.7 Å². The standard InChI is InChI=1S/C18H16ClFN4/c1-12-2-4-13(5-3-12)11-22-17-8-9-21-18(24-17)23-14-6-7-16(20)15(19)10-14/h2-10H,11H2,1H3,(H2,21,22,23,24). The zero-order valence-corrected chi connectivity index (χ0v) is 13.8. The molecule has 6 heteroatoms. The van der Waals surface area contributed by atoms with Crippen LogP contribution in [-0.4, -0.2) is 9.97 Å². The highest BCUT2D eigenvalue weighted by atomic mass is 35.5. The Labute approximate surface area is 144 Å². The van der Waals surface area contributed by atoms with Gasteiger partial charge in [-0.2, -0.15) is 4.98 Å². The number of nitrogens with one attached hydrogen (secondary N) is 2. The number of aromatic nitrogens is 2. The Morgan fingerprint density at radius 2 is 1.88 bits per heavy atom. The van der Waals surface area contributed by atoms with Crippen molar-refractivity contribution in [1.82, 2.24) is 9.97 Å².